The van der Waals surface area contributed by atoms with Crippen LogP contribution in [0.3, 0.4) is 0 Å². The molecule has 0 aliphatic heterocycles. The van der Waals surface area contributed by atoms with E-state index in [1.807, 2.05) is 6.92 Å². The Balaban J connectivity index is 2.10. The van der Waals surface area contributed by atoms with Crippen LogP contribution in [-0.4, -0.2) is 5.78 Å². The van der Waals surface area contributed by atoms with Gasteiger partial charge in [0.05, 0.1) is 0 Å². The highest BCUT2D eigenvalue weighted by Crippen LogP contribution is 2.52. The number of hydrogen-bond acceptors (Lipinski definition) is 1. The summed E-state index contributed by atoms with van der Waals surface area (Å²) in [5.41, 5.74) is 1.99. The standard InChI is InChI=1S/C14H17FO/c1-9-4-5-11(15)6-10(9)7-13(16)12-8-14(12,2)3/h4-6,12H,7-8H2,1-3H3. The van der Waals surface area contributed by atoms with Gasteiger partial charge in [0.15, 0.2) is 0 Å². The Labute approximate surface area is 95.7 Å². The van der Waals surface area contributed by atoms with Crippen LogP contribution in [-0.2, 0) is 11.2 Å². The fraction of sp³-hybridized carbons (Fsp3) is 0.500. The third-order valence-electron chi connectivity index (χ3n) is 3.58. The first kappa shape index (κ1) is 11.3. The summed E-state index contributed by atoms with van der Waals surface area (Å²) < 4.78 is 13.1. The number of benzene rings is 1. The molecular weight excluding hydrogens is 203 g/mol. The van der Waals surface area contributed by atoms with Gasteiger partial charge in [-0.1, -0.05) is 19.9 Å². The van der Waals surface area contributed by atoms with Gasteiger partial charge < -0.3 is 0 Å². The molecule has 0 radical (unpaired) electrons. The van der Waals surface area contributed by atoms with Gasteiger partial charge in [0.2, 0.25) is 0 Å². The van der Waals surface area contributed by atoms with Gasteiger partial charge in [-0.15, -0.1) is 0 Å². The Bertz CT molecular complexity index is 434. The molecule has 0 aromatic heterocycles. The molecular formula is C14H17FO. The molecule has 1 aromatic rings. The van der Waals surface area contributed by atoms with Gasteiger partial charge in [0, 0.05) is 12.3 Å². The third kappa shape index (κ3) is 2.16. The third-order valence-corrected chi connectivity index (χ3v) is 3.58. The van der Waals surface area contributed by atoms with Crippen molar-refractivity contribution in [1.82, 2.24) is 0 Å². The van der Waals surface area contributed by atoms with Crippen molar-refractivity contribution in [2.75, 3.05) is 0 Å². The monoisotopic (exact) mass is 220 g/mol. The van der Waals surface area contributed by atoms with Crippen LogP contribution < -0.4 is 0 Å². The van der Waals surface area contributed by atoms with E-state index in [2.05, 4.69) is 13.8 Å². The molecule has 1 saturated carbocycles. The molecule has 0 saturated heterocycles. The normalized spacial score (nSPS) is 21.9. The molecule has 2 heteroatoms. The quantitative estimate of drug-likeness (QED) is 0.764. The van der Waals surface area contributed by atoms with E-state index in [1.54, 1.807) is 6.07 Å². The van der Waals surface area contributed by atoms with Gasteiger partial charge >= 0.3 is 0 Å². The number of ketones is 1. The molecule has 0 N–H and O–H groups in total. The molecule has 1 unspecified atom stereocenters. The summed E-state index contributed by atoms with van der Waals surface area (Å²) in [5, 5.41) is 0. The first-order valence-corrected chi connectivity index (χ1v) is 5.68. The zero-order valence-corrected chi connectivity index (χ0v) is 10.0. The molecule has 86 valence electrons. The fourth-order valence-electron chi connectivity index (χ4n) is 2.16. The number of Topliss-reactive ketones (excluding diaryl/α,β-unsaturated/α-hetero) is 1. The van der Waals surface area contributed by atoms with Gasteiger partial charge in [-0.2, -0.15) is 0 Å². The Hall–Kier alpha value is -1.18. The van der Waals surface area contributed by atoms with Crippen molar-refractivity contribution in [3.63, 3.8) is 0 Å². The lowest BCUT2D eigenvalue weighted by Gasteiger charge is -2.06. The lowest BCUT2D eigenvalue weighted by atomic mass is 9.98. The fourth-order valence-corrected chi connectivity index (χ4v) is 2.16. The van der Waals surface area contributed by atoms with E-state index >= 15 is 0 Å². The zero-order valence-electron chi connectivity index (χ0n) is 10.0. The van der Waals surface area contributed by atoms with Crippen molar-refractivity contribution < 1.29 is 9.18 Å². The summed E-state index contributed by atoms with van der Waals surface area (Å²) >= 11 is 0. The highest BCUT2D eigenvalue weighted by atomic mass is 19.1. The summed E-state index contributed by atoms with van der Waals surface area (Å²) in [5.74, 6) is 0.164. The number of hydrogen-bond donors (Lipinski definition) is 0. The van der Waals surface area contributed by atoms with Crippen LogP contribution >= 0.6 is 0 Å². The molecule has 1 aromatic carbocycles. The Kier molecular flexibility index (Phi) is 2.61. The van der Waals surface area contributed by atoms with E-state index in [0.29, 0.717) is 6.42 Å². The maximum atomic E-state index is 13.1. The molecule has 0 amide bonds. The van der Waals surface area contributed by atoms with Crippen molar-refractivity contribution in [2.24, 2.45) is 11.3 Å². The van der Waals surface area contributed by atoms with Crippen LogP contribution in [0.4, 0.5) is 4.39 Å². The minimum atomic E-state index is -0.261. The van der Waals surface area contributed by atoms with Gasteiger partial charge in [-0.25, -0.2) is 4.39 Å². The predicted molar refractivity (Wildman–Crippen MR) is 61.7 cm³/mol. The number of carbonyl (C=O) groups excluding carboxylic acids is 1. The molecule has 16 heavy (non-hydrogen) atoms. The lowest BCUT2D eigenvalue weighted by molar-refractivity contribution is -0.120. The van der Waals surface area contributed by atoms with Crippen molar-refractivity contribution in [2.45, 2.75) is 33.6 Å². The summed E-state index contributed by atoms with van der Waals surface area (Å²) in [6.07, 6.45) is 1.35. The molecule has 0 spiro atoms. The number of halogens is 1. The van der Waals surface area contributed by atoms with E-state index in [-0.39, 0.29) is 22.9 Å². The summed E-state index contributed by atoms with van der Waals surface area (Å²) in [4.78, 5) is 11.9. The SMILES string of the molecule is Cc1ccc(F)cc1CC(=O)C1CC1(C)C. The second kappa shape index (κ2) is 3.69. The predicted octanol–water partition coefficient (Wildman–Crippen LogP) is 3.29. The van der Waals surface area contributed by atoms with Crippen LogP contribution in [0.5, 0.6) is 0 Å². The molecule has 0 heterocycles. The number of carbonyl (C=O) groups is 1. The zero-order chi connectivity index (χ0) is 11.9. The molecule has 2 rings (SSSR count). The number of aryl methyl sites for hydroxylation is 1. The van der Waals surface area contributed by atoms with E-state index in [4.69, 9.17) is 0 Å². The minimum Gasteiger partial charge on any atom is -0.299 e. The van der Waals surface area contributed by atoms with Crippen molar-refractivity contribution in [3.05, 3.63) is 35.1 Å². The maximum absolute atomic E-state index is 13.1. The van der Waals surface area contributed by atoms with Gasteiger partial charge in [-0.3, -0.25) is 4.79 Å². The van der Waals surface area contributed by atoms with Crippen molar-refractivity contribution >= 4 is 5.78 Å². The first-order valence-electron chi connectivity index (χ1n) is 5.68. The second-order valence-corrected chi connectivity index (χ2v) is 5.46. The smallest absolute Gasteiger partial charge is 0.140 e. The lowest BCUT2D eigenvalue weighted by Crippen LogP contribution is -2.10. The van der Waals surface area contributed by atoms with Crippen LogP contribution in [0.2, 0.25) is 0 Å². The van der Waals surface area contributed by atoms with Gasteiger partial charge in [0.1, 0.15) is 11.6 Å². The van der Waals surface area contributed by atoms with Gasteiger partial charge in [-0.05, 0) is 42.0 Å². The van der Waals surface area contributed by atoms with Gasteiger partial charge in [0.25, 0.3) is 0 Å². The van der Waals surface area contributed by atoms with Crippen LogP contribution in [0.25, 0.3) is 0 Å². The average molecular weight is 220 g/mol. The number of rotatable bonds is 3. The Morgan fingerprint density at radius 2 is 2.12 bits per heavy atom. The molecule has 0 bridgehead atoms. The van der Waals surface area contributed by atoms with Crippen molar-refractivity contribution in [1.29, 1.82) is 0 Å². The highest BCUT2D eigenvalue weighted by Gasteiger charge is 2.49. The molecule has 1 nitrogen and oxygen atoms in total. The average Bonchev–Trinajstić information content (AvgIpc) is 2.82. The molecule has 1 aliphatic rings. The topological polar surface area (TPSA) is 17.1 Å². The Morgan fingerprint density at radius 1 is 1.50 bits per heavy atom. The van der Waals surface area contributed by atoms with Crippen LogP contribution in [0.15, 0.2) is 18.2 Å². The molecule has 1 fully saturated rings. The molecule has 1 aliphatic carbocycles. The largest absolute Gasteiger partial charge is 0.299 e. The summed E-state index contributed by atoms with van der Waals surface area (Å²) in [6, 6.07) is 4.64. The van der Waals surface area contributed by atoms with E-state index in [1.165, 1.54) is 12.1 Å². The summed E-state index contributed by atoms with van der Waals surface area (Å²) in [6.45, 7) is 6.13. The minimum absolute atomic E-state index is 0.165. The van der Waals surface area contributed by atoms with Crippen molar-refractivity contribution in [3.8, 4) is 0 Å². The summed E-state index contributed by atoms with van der Waals surface area (Å²) in [7, 11) is 0. The van der Waals surface area contributed by atoms with E-state index in [9.17, 15) is 9.18 Å². The van der Waals surface area contributed by atoms with E-state index in [0.717, 1.165) is 17.5 Å². The Morgan fingerprint density at radius 3 is 2.69 bits per heavy atom. The van der Waals surface area contributed by atoms with E-state index < -0.39 is 0 Å². The van der Waals surface area contributed by atoms with Crippen LogP contribution in [0.1, 0.15) is 31.4 Å². The van der Waals surface area contributed by atoms with Crippen LogP contribution in [0, 0.1) is 24.1 Å². The highest BCUT2D eigenvalue weighted by molar-refractivity contribution is 5.86. The maximum Gasteiger partial charge on any atom is 0.140 e. The molecule has 1 atom stereocenters. The first-order chi connectivity index (χ1) is 7.40. The second-order valence-electron chi connectivity index (χ2n) is 5.46.